The van der Waals surface area contributed by atoms with E-state index in [0.717, 1.165) is 12.1 Å². The third-order valence-electron chi connectivity index (χ3n) is 6.71. The van der Waals surface area contributed by atoms with Gasteiger partial charge in [0.25, 0.3) is 11.5 Å². The van der Waals surface area contributed by atoms with Crippen molar-refractivity contribution in [1.29, 1.82) is 0 Å². The van der Waals surface area contributed by atoms with Crippen molar-refractivity contribution in [2.24, 2.45) is 10.6 Å². The second-order valence-electron chi connectivity index (χ2n) is 9.33. The maximum absolute atomic E-state index is 14.2. The lowest BCUT2D eigenvalue weighted by Crippen LogP contribution is -2.44. The van der Waals surface area contributed by atoms with Gasteiger partial charge in [-0.3, -0.25) is 10.1 Å². The predicted octanol–water partition coefficient (Wildman–Crippen LogP) is 6.81. The molecule has 1 fully saturated rings. The van der Waals surface area contributed by atoms with E-state index < -0.39 is 69.7 Å². The molecule has 1 unspecified atom stereocenters. The zero-order valence-electron chi connectivity index (χ0n) is 19.8. The summed E-state index contributed by atoms with van der Waals surface area (Å²) in [7, 11) is 0. The number of nitrogens with one attached hydrogen (secondary N) is 2. The van der Waals surface area contributed by atoms with Gasteiger partial charge in [-0.1, -0.05) is 34.4 Å². The molecular weight excluding hydrogens is 582 g/mol. The maximum Gasteiger partial charge on any atom is 0.435 e. The lowest BCUT2D eigenvalue weighted by Gasteiger charge is -2.29. The molecule has 2 N–H and O–H groups in total. The highest BCUT2D eigenvalue weighted by atomic mass is 35.5. The Kier molecular flexibility index (Phi) is 7.30. The molecule has 1 aliphatic carbocycles. The highest BCUT2D eigenvalue weighted by Crippen LogP contribution is 2.57. The van der Waals surface area contributed by atoms with Crippen LogP contribution in [0.4, 0.5) is 35.5 Å². The van der Waals surface area contributed by atoms with Gasteiger partial charge in [0.2, 0.25) is 0 Å². The number of hydrogen-bond donors (Lipinski definition) is 2. The molecule has 3 amide bonds. The number of carbonyl (C=O) groups is 2. The summed E-state index contributed by atoms with van der Waals surface area (Å²) in [4.78, 5) is 29.4. The summed E-state index contributed by atoms with van der Waals surface area (Å²) in [6.07, 6.45) is -10.6. The molecule has 0 bridgehead atoms. The van der Waals surface area contributed by atoms with Gasteiger partial charge < -0.3 is 10.2 Å². The molecule has 2 aromatic carbocycles. The highest BCUT2D eigenvalue weighted by molar-refractivity contribution is 6.35. The number of urea groups is 1. The molecule has 0 spiro atoms. The Morgan fingerprint density at radius 3 is 2.15 bits per heavy atom. The fourth-order valence-electron chi connectivity index (χ4n) is 4.12. The summed E-state index contributed by atoms with van der Waals surface area (Å²) in [5, 5.41) is 6.28. The maximum atomic E-state index is 14.2. The number of nitrogens with zero attached hydrogens (tertiary/aromatic N) is 1. The number of hydrogen-bond acceptors (Lipinski definition) is 4. The smallest absolute Gasteiger partial charge is 0.374 e. The lowest BCUT2D eigenvalue weighted by molar-refractivity contribution is -0.275. The van der Waals surface area contributed by atoms with Gasteiger partial charge in [0.15, 0.2) is 5.82 Å². The van der Waals surface area contributed by atoms with Crippen LogP contribution < -0.4 is 10.6 Å². The predicted molar refractivity (Wildman–Crippen MR) is 126 cm³/mol. The van der Waals surface area contributed by atoms with Gasteiger partial charge in [-0.15, -0.1) is 0 Å². The molecule has 1 saturated carbocycles. The third-order valence-corrected chi connectivity index (χ3v) is 7.26. The van der Waals surface area contributed by atoms with Gasteiger partial charge in [-0.25, -0.2) is 9.18 Å². The number of aryl methyl sites for hydroxylation is 1. The van der Waals surface area contributed by atoms with Crippen LogP contribution in [0, 0.1) is 18.2 Å². The molecular formula is C24H18Cl2F7N3O3. The average Bonchev–Trinajstić information content (AvgIpc) is 3.50. The molecule has 1 aliphatic heterocycles. The number of benzene rings is 2. The summed E-state index contributed by atoms with van der Waals surface area (Å²) in [5.41, 5.74) is -5.40. The number of imide groups is 1. The Bertz CT molecular complexity index is 1350. The van der Waals surface area contributed by atoms with Crippen LogP contribution in [0.15, 0.2) is 35.5 Å². The second-order valence-corrected chi connectivity index (χ2v) is 10.1. The fraction of sp³-hybridized carbons (Fsp3) is 0.375. The van der Waals surface area contributed by atoms with Gasteiger partial charge in [0.1, 0.15) is 0 Å². The highest BCUT2D eigenvalue weighted by Gasteiger charge is 2.63. The van der Waals surface area contributed by atoms with Crippen molar-refractivity contribution >= 4 is 40.9 Å². The standard InChI is InChI=1S/C24H18Cl2F7N3O3/c1-11-6-12(2-3-14(11)19(37)35-20(38)34-10-21(4-5-21)23(28,29)30)17-9-22(39-36-17,24(31,32)33)13-7-15(25)18(27)16(26)8-13/h2-3,6-8H,4-5,9-10H2,1H3,(H2,34,35,37,38). The van der Waals surface area contributed by atoms with Crippen molar-refractivity contribution in [2.75, 3.05) is 6.54 Å². The van der Waals surface area contributed by atoms with Crippen molar-refractivity contribution in [3.63, 3.8) is 0 Å². The molecule has 0 saturated heterocycles. The van der Waals surface area contributed by atoms with Crippen molar-refractivity contribution < 1.29 is 45.2 Å². The largest absolute Gasteiger partial charge is 0.435 e. The van der Waals surface area contributed by atoms with Crippen LogP contribution in [0.1, 0.15) is 46.3 Å². The van der Waals surface area contributed by atoms with Crippen molar-refractivity contribution in [3.8, 4) is 0 Å². The van der Waals surface area contributed by atoms with Crippen LogP contribution in [0.5, 0.6) is 0 Å². The first-order valence-corrected chi connectivity index (χ1v) is 12.0. The molecule has 39 heavy (non-hydrogen) atoms. The zero-order chi connectivity index (χ0) is 29.0. The minimum atomic E-state index is -5.02. The first kappa shape index (κ1) is 28.9. The van der Waals surface area contributed by atoms with Gasteiger partial charge in [-0.2, -0.15) is 26.3 Å². The van der Waals surface area contributed by atoms with E-state index in [1.165, 1.54) is 25.1 Å². The quantitative estimate of drug-likeness (QED) is 0.293. The Morgan fingerprint density at radius 2 is 1.64 bits per heavy atom. The van der Waals surface area contributed by atoms with Gasteiger partial charge >= 0.3 is 18.4 Å². The average molecular weight is 600 g/mol. The lowest BCUT2D eigenvalue weighted by atomic mass is 9.86. The van der Waals surface area contributed by atoms with E-state index in [0.29, 0.717) is 0 Å². The van der Waals surface area contributed by atoms with E-state index in [2.05, 4.69) is 5.16 Å². The molecule has 6 nitrogen and oxygen atoms in total. The molecule has 15 heteroatoms. The minimum absolute atomic E-state index is 0.0513. The van der Waals surface area contributed by atoms with E-state index in [4.69, 9.17) is 28.0 Å². The van der Waals surface area contributed by atoms with Crippen molar-refractivity contribution in [2.45, 2.75) is 44.1 Å². The zero-order valence-corrected chi connectivity index (χ0v) is 21.3. The minimum Gasteiger partial charge on any atom is -0.374 e. The van der Waals surface area contributed by atoms with Crippen molar-refractivity contribution in [3.05, 3.63) is 68.4 Å². The Hall–Kier alpha value is -3.06. The van der Waals surface area contributed by atoms with E-state index in [9.17, 15) is 40.3 Å². The normalized spacial score (nSPS) is 20.2. The van der Waals surface area contributed by atoms with Crippen LogP contribution in [0.25, 0.3) is 0 Å². The Labute approximate surface area is 226 Å². The summed E-state index contributed by atoms with van der Waals surface area (Å²) in [6, 6.07) is 4.18. The molecule has 210 valence electrons. The monoisotopic (exact) mass is 599 g/mol. The van der Waals surface area contributed by atoms with Gasteiger partial charge in [0.05, 0.1) is 21.2 Å². The summed E-state index contributed by atoms with van der Waals surface area (Å²) >= 11 is 11.4. The first-order chi connectivity index (χ1) is 18.0. The number of alkyl halides is 6. The van der Waals surface area contributed by atoms with Crippen LogP contribution in [-0.4, -0.2) is 36.5 Å². The Morgan fingerprint density at radius 1 is 1.03 bits per heavy atom. The van der Waals surface area contributed by atoms with E-state index >= 15 is 0 Å². The first-order valence-electron chi connectivity index (χ1n) is 11.2. The van der Waals surface area contributed by atoms with E-state index in [-0.39, 0.29) is 35.2 Å². The molecule has 0 aromatic heterocycles. The van der Waals surface area contributed by atoms with Gasteiger partial charge in [-0.05, 0) is 55.2 Å². The number of amides is 3. The van der Waals surface area contributed by atoms with Crippen molar-refractivity contribution in [1.82, 2.24) is 10.6 Å². The fourth-order valence-corrected chi connectivity index (χ4v) is 4.61. The molecule has 0 radical (unpaired) electrons. The summed E-state index contributed by atoms with van der Waals surface area (Å²) in [5.74, 6) is -2.03. The topological polar surface area (TPSA) is 79.8 Å². The molecule has 2 aromatic rings. The second kappa shape index (κ2) is 9.84. The molecule has 1 atom stereocenters. The molecule has 2 aliphatic rings. The number of carbonyl (C=O) groups excluding carboxylic acids is 2. The van der Waals surface area contributed by atoms with Crippen LogP contribution in [0.3, 0.4) is 0 Å². The number of halogens is 9. The van der Waals surface area contributed by atoms with Gasteiger partial charge in [0, 0.05) is 24.1 Å². The SMILES string of the molecule is Cc1cc(C2=NOC(c3cc(Cl)c(F)c(Cl)c3)(C(F)(F)F)C2)ccc1C(=O)NC(=O)NCC1(C(F)(F)F)CC1. The molecule has 4 rings (SSSR count). The van der Waals surface area contributed by atoms with Crippen LogP contribution >= 0.6 is 23.2 Å². The number of rotatable bonds is 5. The number of oxime groups is 1. The van der Waals surface area contributed by atoms with Crippen LogP contribution in [-0.2, 0) is 10.4 Å². The molecule has 1 heterocycles. The van der Waals surface area contributed by atoms with E-state index in [1.54, 1.807) is 0 Å². The Balaban J connectivity index is 1.48. The summed E-state index contributed by atoms with van der Waals surface area (Å²) in [6.45, 7) is 0.755. The van der Waals surface area contributed by atoms with E-state index in [1.807, 2.05) is 10.6 Å². The third kappa shape index (κ3) is 5.38. The van der Waals surface area contributed by atoms with Crippen LogP contribution in [0.2, 0.25) is 10.0 Å². The summed E-state index contributed by atoms with van der Waals surface area (Å²) < 4.78 is 95.4.